The van der Waals surface area contributed by atoms with Crippen molar-refractivity contribution in [2.75, 3.05) is 18.9 Å². The van der Waals surface area contributed by atoms with Crippen LogP contribution >= 0.6 is 0 Å². The van der Waals surface area contributed by atoms with Crippen molar-refractivity contribution < 1.29 is 14.9 Å². The lowest BCUT2D eigenvalue weighted by Crippen LogP contribution is -2.21. The number of nitrogens with two attached hydrogens (primary N) is 1. The van der Waals surface area contributed by atoms with Gasteiger partial charge in [-0.05, 0) is 30.7 Å². The van der Waals surface area contributed by atoms with Crippen LogP contribution in [0.5, 0.6) is 5.75 Å². The van der Waals surface area contributed by atoms with Crippen molar-refractivity contribution in [3.63, 3.8) is 0 Å². The fourth-order valence-electron chi connectivity index (χ4n) is 1.07. The van der Waals surface area contributed by atoms with Gasteiger partial charge in [0.15, 0.2) is 0 Å². The van der Waals surface area contributed by atoms with Crippen LogP contribution in [0.2, 0.25) is 0 Å². The SMILES string of the molecule is Cc1cc(N)ccc1OCC(O)CO. The van der Waals surface area contributed by atoms with Crippen LogP contribution < -0.4 is 10.5 Å². The van der Waals surface area contributed by atoms with Gasteiger partial charge in [-0.3, -0.25) is 0 Å². The first-order valence-electron chi connectivity index (χ1n) is 4.41. The van der Waals surface area contributed by atoms with Crippen molar-refractivity contribution in [2.24, 2.45) is 0 Å². The highest BCUT2D eigenvalue weighted by Gasteiger charge is 2.04. The molecule has 0 fully saturated rings. The Kier molecular flexibility index (Phi) is 3.73. The molecule has 0 radical (unpaired) electrons. The smallest absolute Gasteiger partial charge is 0.122 e. The monoisotopic (exact) mass is 197 g/mol. The number of aliphatic hydroxyl groups is 2. The van der Waals surface area contributed by atoms with E-state index < -0.39 is 6.10 Å². The van der Waals surface area contributed by atoms with E-state index in [9.17, 15) is 0 Å². The van der Waals surface area contributed by atoms with Gasteiger partial charge in [-0.2, -0.15) is 0 Å². The number of aryl methyl sites for hydroxylation is 1. The summed E-state index contributed by atoms with van der Waals surface area (Å²) < 4.78 is 5.28. The zero-order chi connectivity index (χ0) is 10.6. The molecule has 4 nitrogen and oxygen atoms in total. The second-order valence-electron chi connectivity index (χ2n) is 3.17. The molecule has 1 rings (SSSR count). The Bertz CT molecular complexity index is 301. The van der Waals surface area contributed by atoms with Crippen LogP contribution in [0.25, 0.3) is 0 Å². The maximum atomic E-state index is 9.07. The number of ether oxygens (including phenoxy) is 1. The van der Waals surface area contributed by atoms with E-state index in [4.69, 9.17) is 20.7 Å². The first kappa shape index (κ1) is 10.8. The molecule has 1 aromatic carbocycles. The number of hydrogen-bond donors (Lipinski definition) is 3. The van der Waals surface area contributed by atoms with Gasteiger partial charge in [0, 0.05) is 5.69 Å². The summed E-state index contributed by atoms with van der Waals surface area (Å²) in [7, 11) is 0. The van der Waals surface area contributed by atoms with E-state index in [1.54, 1.807) is 18.2 Å². The average Bonchev–Trinajstić information content (AvgIpc) is 2.16. The van der Waals surface area contributed by atoms with Gasteiger partial charge in [-0.25, -0.2) is 0 Å². The Morgan fingerprint density at radius 3 is 2.79 bits per heavy atom. The fourth-order valence-corrected chi connectivity index (χ4v) is 1.07. The molecule has 1 aromatic rings. The summed E-state index contributed by atoms with van der Waals surface area (Å²) in [5.41, 5.74) is 7.16. The van der Waals surface area contributed by atoms with Gasteiger partial charge < -0.3 is 20.7 Å². The molecule has 1 unspecified atom stereocenters. The van der Waals surface area contributed by atoms with Crippen molar-refractivity contribution in [2.45, 2.75) is 13.0 Å². The normalized spacial score (nSPS) is 12.5. The molecule has 0 saturated carbocycles. The molecule has 78 valence electrons. The summed E-state index contributed by atoms with van der Waals surface area (Å²) in [6.45, 7) is 1.66. The number of benzene rings is 1. The fraction of sp³-hybridized carbons (Fsp3) is 0.400. The third kappa shape index (κ3) is 2.90. The molecule has 14 heavy (non-hydrogen) atoms. The Morgan fingerprint density at radius 1 is 1.50 bits per heavy atom. The zero-order valence-electron chi connectivity index (χ0n) is 8.10. The largest absolute Gasteiger partial charge is 0.491 e. The average molecular weight is 197 g/mol. The highest BCUT2D eigenvalue weighted by Crippen LogP contribution is 2.20. The van der Waals surface area contributed by atoms with E-state index >= 15 is 0 Å². The summed E-state index contributed by atoms with van der Waals surface area (Å²) in [6.07, 6.45) is -0.841. The maximum absolute atomic E-state index is 9.07. The minimum Gasteiger partial charge on any atom is -0.491 e. The Balaban J connectivity index is 2.59. The highest BCUT2D eigenvalue weighted by atomic mass is 16.5. The number of anilines is 1. The predicted molar refractivity (Wildman–Crippen MR) is 54.2 cm³/mol. The third-order valence-corrected chi connectivity index (χ3v) is 1.84. The predicted octanol–water partition coefficient (Wildman–Crippen LogP) is 0.309. The number of rotatable bonds is 4. The summed E-state index contributed by atoms with van der Waals surface area (Å²) in [6, 6.07) is 5.27. The molecule has 0 aliphatic carbocycles. The Morgan fingerprint density at radius 2 is 2.21 bits per heavy atom. The molecule has 0 aliphatic rings. The lowest BCUT2D eigenvalue weighted by Gasteiger charge is -2.12. The lowest BCUT2D eigenvalue weighted by atomic mass is 10.2. The lowest BCUT2D eigenvalue weighted by molar-refractivity contribution is 0.0534. The van der Waals surface area contributed by atoms with Gasteiger partial charge in [0.1, 0.15) is 18.5 Å². The number of hydrogen-bond acceptors (Lipinski definition) is 4. The minimum atomic E-state index is -0.841. The van der Waals surface area contributed by atoms with Crippen molar-refractivity contribution in [3.05, 3.63) is 23.8 Å². The summed E-state index contributed by atoms with van der Waals surface area (Å²) in [5.74, 6) is 0.673. The van der Waals surface area contributed by atoms with Crippen molar-refractivity contribution >= 4 is 5.69 Å². The Hall–Kier alpha value is -1.26. The molecule has 0 heterocycles. The first-order chi connectivity index (χ1) is 6.63. The molecule has 0 spiro atoms. The van der Waals surface area contributed by atoms with Crippen LogP contribution in [0.3, 0.4) is 0 Å². The first-order valence-corrected chi connectivity index (χ1v) is 4.41. The van der Waals surface area contributed by atoms with Crippen LogP contribution in [-0.2, 0) is 0 Å². The van der Waals surface area contributed by atoms with Crippen LogP contribution in [0.4, 0.5) is 5.69 Å². The van der Waals surface area contributed by atoms with Crippen LogP contribution in [0.1, 0.15) is 5.56 Å². The zero-order valence-corrected chi connectivity index (χ0v) is 8.10. The molecule has 0 saturated heterocycles. The molecule has 0 aliphatic heterocycles. The number of nitrogen functional groups attached to an aromatic ring is 1. The molecule has 4 N–H and O–H groups in total. The molecule has 0 amide bonds. The van der Waals surface area contributed by atoms with E-state index in [-0.39, 0.29) is 13.2 Å². The standard InChI is InChI=1S/C10H15NO3/c1-7-4-8(11)2-3-10(7)14-6-9(13)5-12/h2-4,9,12-13H,5-6,11H2,1H3. The maximum Gasteiger partial charge on any atom is 0.122 e. The summed E-state index contributed by atoms with van der Waals surface area (Å²) in [4.78, 5) is 0. The van der Waals surface area contributed by atoms with Crippen LogP contribution in [0, 0.1) is 6.92 Å². The van der Waals surface area contributed by atoms with Gasteiger partial charge in [0.05, 0.1) is 6.61 Å². The third-order valence-electron chi connectivity index (χ3n) is 1.84. The van der Waals surface area contributed by atoms with E-state index in [1.807, 2.05) is 6.92 Å². The number of aliphatic hydroxyl groups excluding tert-OH is 2. The Labute approximate surface area is 82.9 Å². The van der Waals surface area contributed by atoms with Gasteiger partial charge in [-0.1, -0.05) is 0 Å². The second kappa shape index (κ2) is 4.83. The molecule has 0 bridgehead atoms. The summed E-state index contributed by atoms with van der Waals surface area (Å²) >= 11 is 0. The van der Waals surface area contributed by atoms with Crippen molar-refractivity contribution in [3.8, 4) is 5.75 Å². The highest BCUT2D eigenvalue weighted by molar-refractivity contribution is 5.47. The van der Waals surface area contributed by atoms with Gasteiger partial charge in [0.25, 0.3) is 0 Å². The molecular formula is C10H15NO3. The molecule has 1 atom stereocenters. The van der Waals surface area contributed by atoms with E-state index in [0.29, 0.717) is 11.4 Å². The van der Waals surface area contributed by atoms with Gasteiger partial charge >= 0.3 is 0 Å². The van der Waals surface area contributed by atoms with Crippen LogP contribution in [-0.4, -0.2) is 29.5 Å². The van der Waals surface area contributed by atoms with Crippen molar-refractivity contribution in [1.82, 2.24) is 0 Å². The molecular weight excluding hydrogens is 182 g/mol. The van der Waals surface area contributed by atoms with E-state index in [2.05, 4.69) is 0 Å². The van der Waals surface area contributed by atoms with Crippen LogP contribution in [0.15, 0.2) is 18.2 Å². The van der Waals surface area contributed by atoms with Crippen molar-refractivity contribution in [1.29, 1.82) is 0 Å². The summed E-state index contributed by atoms with van der Waals surface area (Å²) in [5, 5.41) is 17.6. The molecule has 0 aromatic heterocycles. The second-order valence-corrected chi connectivity index (χ2v) is 3.17. The van der Waals surface area contributed by atoms with Gasteiger partial charge in [-0.15, -0.1) is 0 Å². The topological polar surface area (TPSA) is 75.7 Å². The minimum absolute atomic E-state index is 0.0846. The van der Waals surface area contributed by atoms with E-state index in [1.165, 1.54) is 0 Å². The molecule has 4 heteroatoms. The van der Waals surface area contributed by atoms with Gasteiger partial charge in [0.2, 0.25) is 0 Å². The quantitative estimate of drug-likeness (QED) is 0.607. The van der Waals surface area contributed by atoms with E-state index in [0.717, 1.165) is 5.56 Å².